The van der Waals surface area contributed by atoms with Crippen molar-refractivity contribution in [3.63, 3.8) is 0 Å². The minimum absolute atomic E-state index is 0.0574. The topological polar surface area (TPSA) is 67.2 Å². The summed E-state index contributed by atoms with van der Waals surface area (Å²) in [5, 5.41) is 12.3. The van der Waals surface area contributed by atoms with Gasteiger partial charge in [0, 0.05) is 31.7 Å². The summed E-state index contributed by atoms with van der Waals surface area (Å²) < 4.78 is 1.79. The Bertz CT molecular complexity index is 911. The van der Waals surface area contributed by atoms with Crippen LogP contribution in [0, 0.1) is 0 Å². The van der Waals surface area contributed by atoms with E-state index in [4.69, 9.17) is 0 Å². The van der Waals surface area contributed by atoms with Gasteiger partial charge in [0.25, 0.3) is 5.91 Å². The van der Waals surface area contributed by atoms with Crippen LogP contribution in [0.2, 0.25) is 0 Å². The summed E-state index contributed by atoms with van der Waals surface area (Å²) in [4.78, 5) is 17.1. The Hall–Kier alpha value is -3.06. The minimum atomic E-state index is 0.0574. The lowest BCUT2D eigenvalue weighted by Crippen LogP contribution is -2.36. The van der Waals surface area contributed by atoms with Crippen molar-refractivity contribution < 1.29 is 4.79 Å². The molecule has 0 bridgehead atoms. The molecule has 7 heteroatoms. The molecule has 4 rings (SSSR count). The Labute approximate surface area is 164 Å². The summed E-state index contributed by atoms with van der Waals surface area (Å²) >= 11 is 0. The van der Waals surface area contributed by atoms with E-state index < -0.39 is 0 Å². The molecule has 2 heterocycles. The van der Waals surface area contributed by atoms with Gasteiger partial charge in [-0.15, -0.1) is 5.10 Å². The quantitative estimate of drug-likeness (QED) is 0.700. The molecule has 1 amide bonds. The second-order valence-corrected chi connectivity index (χ2v) is 7.01. The first-order valence-electron chi connectivity index (χ1n) is 9.66. The highest BCUT2D eigenvalue weighted by atomic mass is 16.2. The van der Waals surface area contributed by atoms with E-state index in [-0.39, 0.29) is 11.9 Å². The third-order valence-electron chi connectivity index (χ3n) is 5.25. The molecule has 0 N–H and O–H groups in total. The number of hydrogen-bond acceptors (Lipinski definition) is 5. The normalized spacial score (nSPS) is 16.5. The van der Waals surface area contributed by atoms with Crippen molar-refractivity contribution in [1.29, 1.82) is 0 Å². The summed E-state index contributed by atoms with van der Waals surface area (Å²) in [6.45, 7) is 5.29. The Kier molecular flexibility index (Phi) is 5.43. The summed E-state index contributed by atoms with van der Waals surface area (Å²) in [6, 6.07) is 19.5. The maximum Gasteiger partial charge on any atom is 0.253 e. The third kappa shape index (κ3) is 3.80. The molecule has 7 nitrogen and oxygen atoms in total. The van der Waals surface area contributed by atoms with Crippen LogP contribution in [0.25, 0.3) is 5.69 Å². The van der Waals surface area contributed by atoms with Gasteiger partial charge in [-0.2, -0.15) is 4.68 Å². The molecule has 0 spiro atoms. The van der Waals surface area contributed by atoms with Crippen molar-refractivity contribution in [3.8, 4) is 5.69 Å². The second kappa shape index (κ2) is 8.31. The molecular formula is C21H24N6O. The van der Waals surface area contributed by atoms with Crippen LogP contribution in [0.5, 0.6) is 0 Å². The van der Waals surface area contributed by atoms with Crippen molar-refractivity contribution in [3.05, 3.63) is 72.1 Å². The lowest BCUT2D eigenvalue weighted by Gasteiger charge is -2.27. The highest BCUT2D eigenvalue weighted by Crippen LogP contribution is 2.22. The largest absolute Gasteiger partial charge is 0.337 e. The van der Waals surface area contributed by atoms with Crippen molar-refractivity contribution in [1.82, 2.24) is 30.0 Å². The maximum atomic E-state index is 12.8. The standard InChI is InChI=1S/C21H24N6O/c1-17(20-22-23-24-27(20)19-11-6-3-7-12-19)25-13-8-14-26(16-15-25)21(28)18-9-4-2-5-10-18/h2-7,9-12,17H,8,13-16H2,1H3. The molecule has 0 radical (unpaired) electrons. The number of tetrazole rings is 1. The second-order valence-electron chi connectivity index (χ2n) is 7.01. The molecule has 1 saturated heterocycles. The fraction of sp³-hybridized carbons (Fsp3) is 0.333. The van der Waals surface area contributed by atoms with Crippen LogP contribution in [0.3, 0.4) is 0 Å². The predicted octanol–water partition coefficient (Wildman–Crippen LogP) is 2.57. The van der Waals surface area contributed by atoms with E-state index in [1.165, 1.54) is 0 Å². The van der Waals surface area contributed by atoms with Crippen LogP contribution in [0.15, 0.2) is 60.7 Å². The van der Waals surface area contributed by atoms with Gasteiger partial charge in [0.05, 0.1) is 11.7 Å². The van der Waals surface area contributed by atoms with Crippen LogP contribution in [-0.4, -0.2) is 62.1 Å². The van der Waals surface area contributed by atoms with Gasteiger partial charge in [0.1, 0.15) is 0 Å². The molecule has 2 aromatic carbocycles. The Morgan fingerprint density at radius 1 is 0.929 bits per heavy atom. The van der Waals surface area contributed by atoms with Gasteiger partial charge in [-0.25, -0.2) is 0 Å². The molecule has 1 atom stereocenters. The molecule has 1 aliphatic rings. The van der Waals surface area contributed by atoms with Crippen molar-refractivity contribution in [2.24, 2.45) is 0 Å². The van der Waals surface area contributed by atoms with Crippen LogP contribution in [0.4, 0.5) is 0 Å². The monoisotopic (exact) mass is 376 g/mol. The molecule has 1 fully saturated rings. The van der Waals surface area contributed by atoms with Crippen molar-refractivity contribution in [2.45, 2.75) is 19.4 Å². The Morgan fingerprint density at radius 3 is 2.39 bits per heavy atom. The zero-order chi connectivity index (χ0) is 19.3. The molecular weight excluding hydrogens is 352 g/mol. The molecule has 3 aromatic rings. The smallest absolute Gasteiger partial charge is 0.253 e. The van der Waals surface area contributed by atoms with Gasteiger partial charge in [0.2, 0.25) is 0 Å². The highest BCUT2D eigenvalue weighted by Gasteiger charge is 2.26. The van der Waals surface area contributed by atoms with Crippen molar-refractivity contribution >= 4 is 5.91 Å². The van der Waals surface area contributed by atoms with E-state index in [1.54, 1.807) is 4.68 Å². The number of aromatic nitrogens is 4. The SMILES string of the molecule is CC(c1nnnn1-c1ccccc1)N1CCCN(C(=O)c2ccccc2)CC1. The summed E-state index contributed by atoms with van der Waals surface area (Å²) in [5.74, 6) is 0.915. The summed E-state index contributed by atoms with van der Waals surface area (Å²) in [5.41, 5.74) is 1.70. The van der Waals surface area contributed by atoms with E-state index >= 15 is 0 Å². The molecule has 1 aromatic heterocycles. The van der Waals surface area contributed by atoms with Crippen molar-refractivity contribution in [2.75, 3.05) is 26.2 Å². The van der Waals surface area contributed by atoms with E-state index in [0.717, 1.165) is 43.1 Å². The van der Waals surface area contributed by atoms with Gasteiger partial charge >= 0.3 is 0 Å². The fourth-order valence-electron chi connectivity index (χ4n) is 3.66. The first-order chi connectivity index (χ1) is 13.7. The van der Waals surface area contributed by atoms with Gasteiger partial charge in [0.15, 0.2) is 5.82 Å². The number of hydrogen-bond donors (Lipinski definition) is 0. The van der Waals surface area contributed by atoms with Gasteiger partial charge in [-0.3, -0.25) is 9.69 Å². The molecule has 1 unspecified atom stereocenters. The fourth-order valence-corrected chi connectivity index (χ4v) is 3.66. The number of benzene rings is 2. The Balaban J connectivity index is 1.47. The number of carbonyl (C=O) groups is 1. The van der Waals surface area contributed by atoms with E-state index in [1.807, 2.05) is 65.6 Å². The zero-order valence-electron chi connectivity index (χ0n) is 16.0. The minimum Gasteiger partial charge on any atom is -0.337 e. The summed E-state index contributed by atoms with van der Waals surface area (Å²) in [6.07, 6.45) is 0.926. The maximum absolute atomic E-state index is 12.8. The van der Waals surface area contributed by atoms with Crippen LogP contribution < -0.4 is 0 Å². The average Bonchev–Trinajstić information content (AvgIpc) is 3.12. The molecule has 0 saturated carbocycles. The lowest BCUT2D eigenvalue weighted by molar-refractivity contribution is 0.0758. The molecule has 0 aliphatic carbocycles. The van der Waals surface area contributed by atoms with Gasteiger partial charge < -0.3 is 4.90 Å². The summed E-state index contributed by atoms with van der Waals surface area (Å²) in [7, 11) is 0. The van der Waals surface area contributed by atoms with E-state index in [2.05, 4.69) is 27.3 Å². The Morgan fingerprint density at radius 2 is 1.64 bits per heavy atom. The van der Waals surface area contributed by atoms with E-state index in [0.29, 0.717) is 6.54 Å². The first kappa shape index (κ1) is 18.3. The number of amides is 1. The molecule has 144 valence electrons. The van der Waals surface area contributed by atoms with Crippen LogP contribution >= 0.6 is 0 Å². The average molecular weight is 376 g/mol. The highest BCUT2D eigenvalue weighted by molar-refractivity contribution is 5.94. The van der Waals surface area contributed by atoms with Crippen LogP contribution in [-0.2, 0) is 0 Å². The van der Waals surface area contributed by atoms with Gasteiger partial charge in [-0.05, 0) is 48.0 Å². The number of para-hydroxylation sites is 1. The van der Waals surface area contributed by atoms with Gasteiger partial charge in [-0.1, -0.05) is 36.4 Å². The third-order valence-corrected chi connectivity index (χ3v) is 5.25. The number of carbonyl (C=O) groups excluding carboxylic acids is 1. The predicted molar refractivity (Wildman–Crippen MR) is 106 cm³/mol. The molecule has 28 heavy (non-hydrogen) atoms. The number of nitrogens with zero attached hydrogens (tertiary/aromatic N) is 6. The van der Waals surface area contributed by atoms with E-state index in [9.17, 15) is 4.79 Å². The molecule has 1 aliphatic heterocycles. The number of rotatable bonds is 4. The first-order valence-corrected chi connectivity index (χ1v) is 9.66. The lowest BCUT2D eigenvalue weighted by atomic mass is 10.2. The van der Waals surface area contributed by atoms with Crippen LogP contribution in [0.1, 0.15) is 35.6 Å². The zero-order valence-corrected chi connectivity index (χ0v) is 16.0.